The van der Waals surface area contributed by atoms with E-state index in [1.807, 2.05) is 6.07 Å². The zero-order valence-electron chi connectivity index (χ0n) is 16.3. The van der Waals surface area contributed by atoms with Crippen molar-refractivity contribution in [2.24, 2.45) is 4.99 Å². The Morgan fingerprint density at radius 3 is 2.44 bits per heavy atom. The van der Waals surface area contributed by atoms with Gasteiger partial charge in [0.05, 0.1) is 12.7 Å². The zero-order chi connectivity index (χ0) is 18.3. The predicted molar refractivity (Wildman–Crippen MR) is 104 cm³/mol. The Morgan fingerprint density at radius 2 is 1.84 bits per heavy atom. The third-order valence-corrected chi connectivity index (χ3v) is 5.29. The van der Waals surface area contributed by atoms with Crippen LogP contribution >= 0.6 is 0 Å². The van der Waals surface area contributed by atoms with Crippen molar-refractivity contribution in [2.45, 2.75) is 50.5 Å². The van der Waals surface area contributed by atoms with Crippen molar-refractivity contribution in [1.29, 1.82) is 0 Å². The lowest BCUT2D eigenvalue weighted by Crippen LogP contribution is -2.48. The van der Waals surface area contributed by atoms with E-state index in [-0.39, 0.29) is 11.0 Å². The summed E-state index contributed by atoms with van der Waals surface area (Å²) in [6, 6.07) is 8.40. The number of ether oxygens (including phenoxy) is 2. The van der Waals surface area contributed by atoms with Crippen molar-refractivity contribution < 1.29 is 9.47 Å². The fourth-order valence-corrected chi connectivity index (χ4v) is 3.52. The summed E-state index contributed by atoms with van der Waals surface area (Å²) < 4.78 is 11.1. The molecule has 0 unspecified atom stereocenters. The number of benzene rings is 1. The van der Waals surface area contributed by atoms with Gasteiger partial charge >= 0.3 is 0 Å². The maximum atomic E-state index is 5.63. The van der Waals surface area contributed by atoms with Gasteiger partial charge in [0.2, 0.25) is 0 Å². The monoisotopic (exact) mass is 347 g/mol. The maximum absolute atomic E-state index is 5.63. The summed E-state index contributed by atoms with van der Waals surface area (Å²) in [5.41, 5.74) is 1.17. The second kappa shape index (κ2) is 8.56. The highest BCUT2D eigenvalue weighted by molar-refractivity contribution is 5.79. The van der Waals surface area contributed by atoms with E-state index in [4.69, 9.17) is 9.47 Å². The minimum absolute atomic E-state index is 0.0982. The lowest BCUT2D eigenvalue weighted by atomic mass is 9.78. The maximum Gasteiger partial charge on any atom is 0.191 e. The van der Waals surface area contributed by atoms with Gasteiger partial charge in [-0.25, -0.2) is 0 Å². The number of hydrogen-bond acceptors (Lipinski definition) is 3. The van der Waals surface area contributed by atoms with E-state index in [1.54, 1.807) is 21.3 Å². The van der Waals surface area contributed by atoms with Crippen LogP contribution in [0.3, 0.4) is 0 Å². The minimum Gasteiger partial charge on any atom is -0.496 e. The molecule has 1 saturated carbocycles. The van der Waals surface area contributed by atoms with E-state index in [1.165, 1.54) is 31.2 Å². The smallest absolute Gasteiger partial charge is 0.191 e. The SMILES string of the molecule is CN=C(NCC(C)(C)OC)NCC1(c2ccccc2OC)CCCC1. The van der Waals surface area contributed by atoms with E-state index in [0.717, 1.165) is 18.3 Å². The van der Waals surface area contributed by atoms with Crippen molar-refractivity contribution in [1.82, 2.24) is 10.6 Å². The fraction of sp³-hybridized carbons (Fsp3) is 0.650. The molecule has 0 amide bonds. The Morgan fingerprint density at radius 1 is 1.16 bits per heavy atom. The van der Waals surface area contributed by atoms with Crippen LogP contribution in [0.2, 0.25) is 0 Å². The second-order valence-corrected chi connectivity index (χ2v) is 7.43. The number of aliphatic imine (C=N–C) groups is 1. The summed E-state index contributed by atoms with van der Waals surface area (Å²) in [6.45, 7) is 5.66. The lowest BCUT2D eigenvalue weighted by Gasteiger charge is -2.32. The van der Waals surface area contributed by atoms with Crippen LogP contribution in [0.15, 0.2) is 29.3 Å². The van der Waals surface area contributed by atoms with Gasteiger partial charge in [0.1, 0.15) is 5.75 Å². The van der Waals surface area contributed by atoms with Crippen LogP contribution in [0.1, 0.15) is 45.1 Å². The summed E-state index contributed by atoms with van der Waals surface area (Å²) in [7, 11) is 5.29. The molecule has 0 atom stereocenters. The van der Waals surface area contributed by atoms with Gasteiger partial charge in [0.15, 0.2) is 5.96 Å². The van der Waals surface area contributed by atoms with Gasteiger partial charge in [-0.3, -0.25) is 4.99 Å². The first-order valence-electron chi connectivity index (χ1n) is 9.09. The lowest BCUT2D eigenvalue weighted by molar-refractivity contribution is 0.0268. The Hall–Kier alpha value is -1.75. The van der Waals surface area contributed by atoms with Crippen molar-refractivity contribution in [3.8, 4) is 5.75 Å². The number of guanidine groups is 1. The Bertz CT molecular complexity index is 578. The molecule has 140 valence electrons. The van der Waals surface area contributed by atoms with Crippen molar-refractivity contribution in [2.75, 3.05) is 34.4 Å². The van der Waals surface area contributed by atoms with Gasteiger partial charge < -0.3 is 20.1 Å². The molecule has 5 heteroatoms. The molecule has 0 saturated heterocycles. The average Bonchev–Trinajstić information content (AvgIpc) is 3.11. The van der Waals surface area contributed by atoms with Gasteiger partial charge in [-0.15, -0.1) is 0 Å². The fourth-order valence-electron chi connectivity index (χ4n) is 3.52. The number of rotatable bonds is 7. The van der Waals surface area contributed by atoms with Crippen LogP contribution in [0.5, 0.6) is 5.75 Å². The molecular formula is C20H33N3O2. The standard InChI is InChI=1S/C20H33N3O2/c1-19(2,25-5)14-22-18(21-3)23-15-20(12-8-9-13-20)16-10-6-7-11-17(16)24-4/h6-7,10-11H,8-9,12-15H2,1-5H3,(H2,21,22,23). The Kier molecular flexibility index (Phi) is 6.71. The minimum atomic E-state index is -0.231. The van der Waals surface area contributed by atoms with Gasteiger partial charge in [-0.1, -0.05) is 31.0 Å². The molecule has 25 heavy (non-hydrogen) atoms. The summed E-state index contributed by atoms with van der Waals surface area (Å²) >= 11 is 0. The van der Waals surface area contributed by atoms with Crippen LogP contribution in [0.4, 0.5) is 0 Å². The average molecular weight is 348 g/mol. The highest BCUT2D eigenvalue weighted by atomic mass is 16.5. The third-order valence-electron chi connectivity index (χ3n) is 5.29. The normalized spacial score (nSPS) is 17.4. The summed E-state index contributed by atoms with van der Waals surface area (Å²) in [4.78, 5) is 4.36. The first-order chi connectivity index (χ1) is 12.0. The van der Waals surface area contributed by atoms with Crippen LogP contribution in [0.25, 0.3) is 0 Å². The molecule has 0 bridgehead atoms. The number of methoxy groups -OCH3 is 2. The van der Waals surface area contributed by atoms with E-state index in [2.05, 4.69) is 47.7 Å². The molecular weight excluding hydrogens is 314 g/mol. The van der Waals surface area contributed by atoms with Gasteiger partial charge in [-0.2, -0.15) is 0 Å². The molecule has 0 radical (unpaired) electrons. The van der Waals surface area contributed by atoms with E-state index >= 15 is 0 Å². The molecule has 0 heterocycles. The summed E-state index contributed by atoms with van der Waals surface area (Å²) in [5.74, 6) is 1.79. The number of nitrogens with one attached hydrogen (secondary N) is 2. The van der Waals surface area contributed by atoms with Crippen molar-refractivity contribution >= 4 is 5.96 Å². The largest absolute Gasteiger partial charge is 0.496 e. The molecule has 0 aliphatic heterocycles. The quantitative estimate of drug-likeness (QED) is 0.588. The topological polar surface area (TPSA) is 54.9 Å². The van der Waals surface area contributed by atoms with E-state index in [0.29, 0.717) is 6.54 Å². The van der Waals surface area contributed by atoms with E-state index < -0.39 is 0 Å². The molecule has 1 aliphatic rings. The molecule has 0 spiro atoms. The molecule has 5 nitrogen and oxygen atoms in total. The van der Waals surface area contributed by atoms with Gasteiger partial charge in [0.25, 0.3) is 0 Å². The Balaban J connectivity index is 2.09. The second-order valence-electron chi connectivity index (χ2n) is 7.43. The summed E-state index contributed by atoms with van der Waals surface area (Å²) in [5, 5.41) is 6.89. The molecule has 2 rings (SSSR count). The van der Waals surface area contributed by atoms with Crippen molar-refractivity contribution in [3.05, 3.63) is 29.8 Å². The molecule has 0 aromatic heterocycles. The molecule has 1 aromatic carbocycles. The molecule has 1 aromatic rings. The third kappa shape index (κ3) is 4.88. The van der Waals surface area contributed by atoms with Crippen LogP contribution in [0, 0.1) is 0 Å². The van der Waals surface area contributed by atoms with E-state index in [9.17, 15) is 0 Å². The first-order valence-corrected chi connectivity index (χ1v) is 9.09. The van der Waals surface area contributed by atoms with Crippen molar-refractivity contribution in [3.63, 3.8) is 0 Å². The number of hydrogen-bond donors (Lipinski definition) is 2. The first kappa shape index (κ1) is 19.6. The highest BCUT2D eigenvalue weighted by Crippen LogP contribution is 2.44. The zero-order valence-corrected chi connectivity index (χ0v) is 16.3. The van der Waals surface area contributed by atoms with Gasteiger partial charge in [-0.05, 0) is 32.8 Å². The highest BCUT2D eigenvalue weighted by Gasteiger charge is 2.37. The Labute approximate surface area is 152 Å². The van der Waals surface area contributed by atoms with Crippen LogP contribution in [-0.2, 0) is 10.2 Å². The number of nitrogens with zero attached hydrogens (tertiary/aromatic N) is 1. The molecule has 1 fully saturated rings. The van der Waals surface area contributed by atoms with Crippen LogP contribution < -0.4 is 15.4 Å². The van der Waals surface area contributed by atoms with Crippen LogP contribution in [-0.4, -0.2) is 45.9 Å². The molecule has 1 aliphatic carbocycles. The number of para-hydroxylation sites is 1. The summed E-state index contributed by atoms with van der Waals surface area (Å²) in [6.07, 6.45) is 4.84. The molecule has 2 N–H and O–H groups in total. The van der Waals surface area contributed by atoms with Gasteiger partial charge in [0, 0.05) is 38.2 Å². The predicted octanol–water partition coefficient (Wildman–Crippen LogP) is 3.10.